The quantitative estimate of drug-likeness (QED) is 0.528. The molecule has 146 valence electrons. The van der Waals surface area contributed by atoms with Gasteiger partial charge in [-0.3, -0.25) is 9.79 Å². The number of benzene rings is 3. The van der Waals surface area contributed by atoms with Crippen LogP contribution in [0.25, 0.3) is 22.3 Å². The van der Waals surface area contributed by atoms with Crippen LogP contribution in [0.1, 0.15) is 27.8 Å². The molecule has 0 amide bonds. The summed E-state index contributed by atoms with van der Waals surface area (Å²) in [6.45, 7) is 10.1. The van der Waals surface area contributed by atoms with Gasteiger partial charge < -0.3 is 4.52 Å². The second kappa shape index (κ2) is 7.56. The van der Waals surface area contributed by atoms with E-state index in [9.17, 15) is 14.4 Å². The Morgan fingerprint density at radius 2 is 1.14 bits per heavy atom. The van der Waals surface area contributed by atoms with E-state index in [1.165, 1.54) is 0 Å². The third-order valence-corrected chi connectivity index (χ3v) is 5.55. The number of hydrogen-bond acceptors (Lipinski definition) is 2. The molecule has 3 rings (SSSR count). The molecule has 0 aromatic heterocycles. The van der Waals surface area contributed by atoms with Gasteiger partial charge in [-0.25, -0.2) is 4.57 Å². The Balaban J connectivity index is 2.42. The van der Waals surface area contributed by atoms with Crippen molar-refractivity contribution < 1.29 is 18.9 Å². The van der Waals surface area contributed by atoms with Gasteiger partial charge in [0.1, 0.15) is 5.75 Å². The molecule has 0 saturated heterocycles. The maximum absolute atomic E-state index is 11.5. The van der Waals surface area contributed by atoms with Crippen LogP contribution in [0, 0.1) is 34.6 Å². The van der Waals surface area contributed by atoms with Gasteiger partial charge in [0.25, 0.3) is 0 Å². The number of phosphoric acid groups is 1. The van der Waals surface area contributed by atoms with E-state index in [2.05, 4.69) is 26.0 Å². The molecule has 4 nitrogen and oxygen atoms in total. The Morgan fingerprint density at radius 3 is 1.61 bits per heavy atom. The van der Waals surface area contributed by atoms with Gasteiger partial charge in [-0.15, -0.1) is 0 Å². The minimum absolute atomic E-state index is 0.195. The van der Waals surface area contributed by atoms with Gasteiger partial charge in [-0.1, -0.05) is 42.5 Å². The van der Waals surface area contributed by atoms with Crippen molar-refractivity contribution >= 4 is 7.82 Å². The molecule has 0 aliphatic carbocycles. The standard InChI is InChI=1S/C23H25O4P/c1-14-8-6-9-15(2)21(14)19-12-13-20(27-28(24,25)26)18(5)23(19)22-16(3)10-7-11-17(22)4/h6-13H,1-5H3,(H2,24,25,26). The second-order valence-corrected chi connectivity index (χ2v) is 8.39. The average molecular weight is 396 g/mol. The summed E-state index contributed by atoms with van der Waals surface area (Å²) in [4.78, 5) is 18.7. The Bertz CT molecular complexity index is 1060. The predicted molar refractivity (Wildman–Crippen MR) is 114 cm³/mol. The van der Waals surface area contributed by atoms with Gasteiger partial charge in [0, 0.05) is 5.56 Å². The predicted octanol–water partition coefficient (Wildman–Crippen LogP) is 6.03. The molecular formula is C23H25O4P. The molecule has 0 aliphatic heterocycles. The molecule has 0 radical (unpaired) electrons. The van der Waals surface area contributed by atoms with Gasteiger partial charge in [0.15, 0.2) is 0 Å². The van der Waals surface area contributed by atoms with Crippen molar-refractivity contribution in [1.29, 1.82) is 0 Å². The fourth-order valence-corrected chi connectivity index (χ4v) is 4.35. The first-order valence-corrected chi connectivity index (χ1v) is 10.6. The van der Waals surface area contributed by atoms with Gasteiger partial charge in [-0.2, -0.15) is 0 Å². The molecule has 0 saturated carbocycles. The SMILES string of the molecule is Cc1cccc(C)c1-c1ccc(OP(=O)(O)O)c(C)c1-c1c(C)cccc1C. The smallest absolute Gasteiger partial charge is 0.404 e. The molecule has 3 aromatic rings. The largest absolute Gasteiger partial charge is 0.524 e. The molecular weight excluding hydrogens is 371 g/mol. The molecule has 0 atom stereocenters. The van der Waals surface area contributed by atoms with Crippen LogP contribution in [0.15, 0.2) is 48.5 Å². The van der Waals surface area contributed by atoms with E-state index in [4.69, 9.17) is 4.52 Å². The van der Waals surface area contributed by atoms with Crippen molar-refractivity contribution in [1.82, 2.24) is 0 Å². The van der Waals surface area contributed by atoms with Crippen LogP contribution in [0.3, 0.4) is 0 Å². The topological polar surface area (TPSA) is 66.8 Å². The monoisotopic (exact) mass is 396 g/mol. The van der Waals surface area contributed by atoms with Crippen LogP contribution in [-0.2, 0) is 4.57 Å². The van der Waals surface area contributed by atoms with Crippen molar-refractivity contribution in [2.75, 3.05) is 0 Å². The van der Waals surface area contributed by atoms with Crippen molar-refractivity contribution in [3.05, 3.63) is 76.3 Å². The van der Waals surface area contributed by atoms with Crippen molar-refractivity contribution in [3.8, 4) is 28.0 Å². The summed E-state index contributed by atoms with van der Waals surface area (Å²) in [6, 6.07) is 15.8. The first-order valence-electron chi connectivity index (χ1n) is 9.12. The first kappa shape index (κ1) is 20.3. The summed E-state index contributed by atoms with van der Waals surface area (Å²) in [6.07, 6.45) is 0. The molecule has 28 heavy (non-hydrogen) atoms. The molecule has 0 spiro atoms. The summed E-state index contributed by atoms with van der Waals surface area (Å²) in [5.41, 5.74) is 9.38. The highest BCUT2D eigenvalue weighted by atomic mass is 31.2. The van der Waals surface area contributed by atoms with Gasteiger partial charge in [0.05, 0.1) is 0 Å². The molecule has 0 bridgehead atoms. The zero-order chi connectivity index (χ0) is 20.6. The van der Waals surface area contributed by atoms with Gasteiger partial charge >= 0.3 is 7.82 Å². The van der Waals surface area contributed by atoms with E-state index in [1.807, 2.05) is 51.1 Å². The maximum atomic E-state index is 11.5. The highest BCUT2D eigenvalue weighted by molar-refractivity contribution is 7.46. The lowest BCUT2D eigenvalue weighted by molar-refractivity contribution is 0.282. The van der Waals surface area contributed by atoms with Crippen molar-refractivity contribution in [2.24, 2.45) is 0 Å². The Hall–Kier alpha value is -2.39. The highest BCUT2D eigenvalue weighted by Crippen LogP contribution is 2.46. The molecule has 0 aliphatic rings. The normalized spacial score (nSPS) is 11.5. The van der Waals surface area contributed by atoms with Crippen LogP contribution in [0.5, 0.6) is 5.75 Å². The summed E-state index contributed by atoms with van der Waals surface area (Å²) in [7, 11) is -4.66. The fraction of sp³-hybridized carbons (Fsp3) is 0.217. The van der Waals surface area contributed by atoms with Crippen molar-refractivity contribution in [2.45, 2.75) is 34.6 Å². The molecule has 2 N–H and O–H groups in total. The van der Waals surface area contributed by atoms with Gasteiger partial charge in [-0.05, 0) is 85.2 Å². The Labute approximate surface area is 166 Å². The van der Waals surface area contributed by atoms with E-state index >= 15 is 0 Å². The van der Waals surface area contributed by atoms with Crippen LogP contribution in [0.2, 0.25) is 0 Å². The van der Waals surface area contributed by atoms with E-state index < -0.39 is 7.82 Å². The molecule has 3 aromatic carbocycles. The third kappa shape index (κ3) is 3.90. The summed E-state index contributed by atoms with van der Waals surface area (Å²) in [5, 5.41) is 0. The van der Waals surface area contributed by atoms with Crippen LogP contribution >= 0.6 is 7.82 Å². The molecule has 5 heteroatoms. The average Bonchev–Trinajstić information content (AvgIpc) is 2.58. The van der Waals surface area contributed by atoms with E-state index in [0.717, 1.165) is 44.5 Å². The lowest BCUT2D eigenvalue weighted by atomic mass is 9.84. The zero-order valence-electron chi connectivity index (χ0n) is 16.8. The molecule has 0 heterocycles. The van der Waals surface area contributed by atoms with Crippen LogP contribution < -0.4 is 4.52 Å². The minimum Gasteiger partial charge on any atom is -0.404 e. The Kier molecular flexibility index (Phi) is 5.49. The second-order valence-electron chi connectivity index (χ2n) is 7.23. The number of rotatable bonds is 4. The molecule has 0 fully saturated rings. The van der Waals surface area contributed by atoms with Crippen LogP contribution in [-0.4, -0.2) is 9.79 Å². The summed E-state index contributed by atoms with van der Waals surface area (Å²) >= 11 is 0. The fourth-order valence-electron chi connectivity index (χ4n) is 3.90. The first-order chi connectivity index (χ1) is 13.1. The third-order valence-electron chi connectivity index (χ3n) is 5.11. The molecule has 0 unspecified atom stereocenters. The summed E-state index contributed by atoms with van der Waals surface area (Å²) < 4.78 is 16.5. The van der Waals surface area contributed by atoms with E-state index in [1.54, 1.807) is 6.07 Å². The lowest BCUT2D eigenvalue weighted by Crippen LogP contribution is -2.00. The van der Waals surface area contributed by atoms with E-state index in [-0.39, 0.29) is 5.75 Å². The van der Waals surface area contributed by atoms with Crippen LogP contribution in [0.4, 0.5) is 0 Å². The zero-order valence-corrected chi connectivity index (χ0v) is 17.7. The number of phosphoric ester groups is 1. The van der Waals surface area contributed by atoms with Crippen molar-refractivity contribution in [3.63, 3.8) is 0 Å². The summed E-state index contributed by atoms with van der Waals surface area (Å²) in [5.74, 6) is 0.195. The van der Waals surface area contributed by atoms with Gasteiger partial charge in [0.2, 0.25) is 0 Å². The highest BCUT2D eigenvalue weighted by Gasteiger charge is 2.23. The number of aryl methyl sites for hydroxylation is 4. The Morgan fingerprint density at radius 1 is 0.679 bits per heavy atom. The van der Waals surface area contributed by atoms with E-state index in [0.29, 0.717) is 5.56 Å². The minimum atomic E-state index is -4.66. The maximum Gasteiger partial charge on any atom is 0.524 e. The number of hydrogen-bond donors (Lipinski definition) is 2. The lowest BCUT2D eigenvalue weighted by Gasteiger charge is -2.22.